The summed E-state index contributed by atoms with van der Waals surface area (Å²) in [6.07, 6.45) is 1.29. The molecule has 14 heavy (non-hydrogen) atoms. The number of nitrogens with one attached hydrogen (secondary N) is 2. The van der Waals surface area contributed by atoms with E-state index in [2.05, 4.69) is 4.72 Å². The molecule has 5 nitrogen and oxygen atoms in total. The van der Waals surface area contributed by atoms with Gasteiger partial charge in [-0.1, -0.05) is 18.2 Å². The normalized spacial score (nSPS) is 10.6. The lowest BCUT2D eigenvalue weighted by Crippen LogP contribution is -2.26. The summed E-state index contributed by atoms with van der Waals surface area (Å²) in [6, 6.07) is 8.41. The second-order valence-corrected chi connectivity index (χ2v) is 4.23. The number of rotatable bonds is 5. The van der Waals surface area contributed by atoms with Gasteiger partial charge < -0.3 is 5.32 Å². The van der Waals surface area contributed by atoms with Gasteiger partial charge in [0.05, 0.1) is 0 Å². The number of hydrogen-bond acceptors (Lipinski definition) is 3. The quantitative estimate of drug-likeness (QED) is 0.678. The predicted molar refractivity (Wildman–Crippen MR) is 52.7 cm³/mol. The molecule has 0 atom stereocenters. The molecule has 0 aromatic heterocycles. The van der Waals surface area contributed by atoms with Crippen LogP contribution in [0.3, 0.4) is 0 Å². The standard InChI is InChI=1S/C8H9N2O3S/c11-6-9-7-14(12,13)10-8-4-2-1-3-5-8/h1-5,10H,7H2,(H,9,11). The SMILES string of the molecule is O=[C]NCS(=O)(=O)Nc1ccccc1. The van der Waals surface area contributed by atoms with Gasteiger partial charge in [-0.25, -0.2) is 8.42 Å². The van der Waals surface area contributed by atoms with E-state index >= 15 is 0 Å². The first-order chi connectivity index (χ1) is 6.64. The van der Waals surface area contributed by atoms with Crippen LogP contribution in [-0.4, -0.2) is 20.7 Å². The maximum absolute atomic E-state index is 11.2. The molecule has 1 rings (SSSR count). The van der Waals surface area contributed by atoms with Gasteiger partial charge in [-0.05, 0) is 12.1 Å². The van der Waals surface area contributed by atoms with E-state index in [1.54, 1.807) is 30.3 Å². The van der Waals surface area contributed by atoms with Crippen LogP contribution in [0.15, 0.2) is 30.3 Å². The number of hydrogen-bond donors (Lipinski definition) is 2. The van der Waals surface area contributed by atoms with Gasteiger partial charge in [-0.2, -0.15) is 0 Å². The summed E-state index contributed by atoms with van der Waals surface area (Å²) in [6.45, 7) is 0. The van der Waals surface area contributed by atoms with E-state index in [0.29, 0.717) is 5.69 Å². The minimum absolute atomic E-state index is 0.459. The second-order valence-electron chi connectivity index (χ2n) is 2.51. The third-order valence-electron chi connectivity index (χ3n) is 1.38. The van der Waals surface area contributed by atoms with Gasteiger partial charge in [0.2, 0.25) is 0 Å². The molecule has 0 unspecified atom stereocenters. The Morgan fingerprint density at radius 2 is 1.86 bits per heavy atom. The highest BCUT2D eigenvalue weighted by Gasteiger charge is 2.08. The molecule has 0 spiro atoms. The fraction of sp³-hybridized carbons (Fsp3) is 0.125. The maximum Gasteiger partial charge on any atom is 0.310 e. The number of amides is 1. The third kappa shape index (κ3) is 3.44. The number of para-hydroxylation sites is 1. The predicted octanol–water partition coefficient (Wildman–Crippen LogP) is 0.0426. The summed E-state index contributed by atoms with van der Waals surface area (Å²) in [5, 5.41) is 1.95. The van der Waals surface area contributed by atoms with Crippen molar-refractivity contribution in [3.05, 3.63) is 30.3 Å². The van der Waals surface area contributed by atoms with Crippen molar-refractivity contribution in [3.63, 3.8) is 0 Å². The Hall–Kier alpha value is -1.56. The molecule has 0 bridgehead atoms. The van der Waals surface area contributed by atoms with Crippen LogP contribution in [0.1, 0.15) is 0 Å². The molecule has 0 aliphatic heterocycles. The summed E-state index contributed by atoms with van der Waals surface area (Å²) in [7, 11) is -3.52. The average molecular weight is 213 g/mol. The van der Waals surface area contributed by atoms with Gasteiger partial charge in [-0.15, -0.1) is 0 Å². The van der Waals surface area contributed by atoms with Crippen LogP contribution in [-0.2, 0) is 14.8 Å². The van der Waals surface area contributed by atoms with Crippen LogP contribution in [0.25, 0.3) is 0 Å². The lowest BCUT2D eigenvalue weighted by Gasteiger charge is -2.05. The van der Waals surface area contributed by atoms with Crippen LogP contribution in [0.2, 0.25) is 0 Å². The Morgan fingerprint density at radius 1 is 1.21 bits per heavy atom. The Bertz CT molecular complexity index is 388. The third-order valence-corrected chi connectivity index (χ3v) is 2.45. The molecule has 0 saturated heterocycles. The van der Waals surface area contributed by atoms with Crippen LogP contribution in [0.5, 0.6) is 0 Å². The van der Waals surface area contributed by atoms with Crippen molar-refractivity contribution in [1.82, 2.24) is 5.32 Å². The second kappa shape index (κ2) is 4.61. The van der Waals surface area contributed by atoms with E-state index in [9.17, 15) is 13.2 Å². The molecule has 0 heterocycles. The first-order valence-corrected chi connectivity index (χ1v) is 5.45. The van der Waals surface area contributed by atoms with Gasteiger partial charge in [-0.3, -0.25) is 9.52 Å². The molecular formula is C8H9N2O3S. The molecular weight excluding hydrogens is 204 g/mol. The molecule has 6 heteroatoms. The Kier molecular flexibility index (Phi) is 3.47. The first-order valence-electron chi connectivity index (χ1n) is 3.79. The minimum Gasteiger partial charge on any atom is -0.332 e. The lowest BCUT2D eigenvalue weighted by atomic mass is 10.3. The van der Waals surface area contributed by atoms with Crippen molar-refractivity contribution < 1.29 is 13.2 Å². The number of sulfonamides is 1. The molecule has 1 amide bonds. The Balaban J connectivity index is 2.64. The van der Waals surface area contributed by atoms with Crippen molar-refractivity contribution in [2.75, 3.05) is 10.6 Å². The van der Waals surface area contributed by atoms with Crippen molar-refractivity contribution in [2.24, 2.45) is 0 Å². The highest BCUT2D eigenvalue weighted by atomic mass is 32.2. The van der Waals surface area contributed by atoms with E-state index in [1.807, 2.05) is 5.32 Å². The molecule has 1 radical (unpaired) electrons. The molecule has 0 aliphatic carbocycles. The minimum atomic E-state index is -3.52. The molecule has 1 aromatic rings. The molecule has 0 aliphatic rings. The van der Waals surface area contributed by atoms with Crippen molar-refractivity contribution in [1.29, 1.82) is 0 Å². The van der Waals surface area contributed by atoms with Crippen LogP contribution in [0.4, 0.5) is 5.69 Å². The van der Waals surface area contributed by atoms with Crippen molar-refractivity contribution in [3.8, 4) is 0 Å². The van der Waals surface area contributed by atoms with Crippen LogP contribution < -0.4 is 10.0 Å². The number of anilines is 1. The Morgan fingerprint density at radius 3 is 2.43 bits per heavy atom. The molecule has 1 aromatic carbocycles. The lowest BCUT2D eigenvalue weighted by molar-refractivity contribution is 0.544. The van der Waals surface area contributed by atoms with Gasteiger partial charge in [0, 0.05) is 5.69 Å². The van der Waals surface area contributed by atoms with Gasteiger partial charge in [0.1, 0.15) is 5.88 Å². The molecule has 75 valence electrons. The van der Waals surface area contributed by atoms with E-state index in [1.165, 1.54) is 6.41 Å². The Labute approximate surface area is 82.2 Å². The van der Waals surface area contributed by atoms with Crippen LogP contribution in [0, 0.1) is 0 Å². The monoisotopic (exact) mass is 213 g/mol. The van der Waals surface area contributed by atoms with E-state index in [0.717, 1.165) is 0 Å². The average Bonchev–Trinajstić information content (AvgIpc) is 2.16. The highest BCUT2D eigenvalue weighted by molar-refractivity contribution is 7.92. The van der Waals surface area contributed by atoms with E-state index < -0.39 is 15.9 Å². The summed E-state index contributed by atoms with van der Waals surface area (Å²) in [4.78, 5) is 9.78. The number of carbonyl (C=O) groups excluding carboxylic acids is 1. The summed E-state index contributed by atoms with van der Waals surface area (Å²) in [5.41, 5.74) is 0.459. The summed E-state index contributed by atoms with van der Waals surface area (Å²) >= 11 is 0. The smallest absolute Gasteiger partial charge is 0.310 e. The van der Waals surface area contributed by atoms with E-state index in [-0.39, 0.29) is 0 Å². The van der Waals surface area contributed by atoms with Gasteiger partial charge in [0.25, 0.3) is 10.0 Å². The first kappa shape index (κ1) is 10.5. The largest absolute Gasteiger partial charge is 0.332 e. The maximum atomic E-state index is 11.2. The molecule has 0 fully saturated rings. The fourth-order valence-corrected chi connectivity index (χ4v) is 1.66. The number of benzene rings is 1. The van der Waals surface area contributed by atoms with Crippen molar-refractivity contribution >= 4 is 22.1 Å². The summed E-state index contributed by atoms with van der Waals surface area (Å²) in [5.74, 6) is -0.481. The van der Waals surface area contributed by atoms with Crippen molar-refractivity contribution in [2.45, 2.75) is 0 Å². The summed E-state index contributed by atoms with van der Waals surface area (Å²) < 4.78 is 24.7. The zero-order valence-electron chi connectivity index (χ0n) is 7.23. The molecule has 2 N–H and O–H groups in total. The zero-order chi connectivity index (χ0) is 10.4. The highest BCUT2D eigenvalue weighted by Crippen LogP contribution is 2.06. The molecule has 0 saturated carbocycles. The van der Waals surface area contributed by atoms with Gasteiger partial charge >= 0.3 is 6.41 Å². The van der Waals surface area contributed by atoms with Crippen LogP contribution >= 0.6 is 0 Å². The topological polar surface area (TPSA) is 75.3 Å². The fourth-order valence-electron chi connectivity index (χ4n) is 0.846. The van der Waals surface area contributed by atoms with Gasteiger partial charge in [0.15, 0.2) is 0 Å². The van der Waals surface area contributed by atoms with E-state index in [4.69, 9.17) is 0 Å². The zero-order valence-corrected chi connectivity index (χ0v) is 8.04.